The van der Waals surface area contributed by atoms with Gasteiger partial charge in [0.1, 0.15) is 5.82 Å². The highest BCUT2D eigenvalue weighted by Crippen LogP contribution is 2.06. The zero-order valence-electron chi connectivity index (χ0n) is 8.51. The minimum Gasteiger partial charge on any atom is -0.304 e. The van der Waals surface area contributed by atoms with Gasteiger partial charge in [0.15, 0.2) is 5.82 Å². The molecule has 6 heteroatoms. The molecule has 16 heavy (non-hydrogen) atoms. The summed E-state index contributed by atoms with van der Waals surface area (Å²) in [7, 11) is 1.69. The van der Waals surface area contributed by atoms with Crippen molar-refractivity contribution in [3.05, 3.63) is 41.8 Å². The largest absolute Gasteiger partial charge is 0.304 e. The van der Waals surface area contributed by atoms with E-state index in [1.54, 1.807) is 13.2 Å². The second-order valence-electron chi connectivity index (χ2n) is 3.24. The highest BCUT2D eigenvalue weighted by atomic mass is 19.1. The number of nitrogens with one attached hydrogen (secondary N) is 1. The molecule has 0 spiro atoms. The summed E-state index contributed by atoms with van der Waals surface area (Å²) < 4.78 is 14.3. The van der Waals surface area contributed by atoms with Crippen LogP contribution in [0.3, 0.4) is 0 Å². The molecule has 0 aliphatic carbocycles. The molecular formula is C10H9FN4O. The molecule has 0 atom stereocenters. The third-order valence-corrected chi connectivity index (χ3v) is 1.93. The van der Waals surface area contributed by atoms with Crippen molar-refractivity contribution in [2.45, 2.75) is 0 Å². The molecule has 1 N–H and O–H groups in total. The fraction of sp³-hybridized carbons (Fsp3) is 0.100. The van der Waals surface area contributed by atoms with Crippen molar-refractivity contribution in [1.82, 2.24) is 15.0 Å². The van der Waals surface area contributed by atoms with Gasteiger partial charge in [0.05, 0.1) is 6.20 Å². The summed E-state index contributed by atoms with van der Waals surface area (Å²) in [6.07, 6.45) is 1.55. The number of benzene rings is 1. The number of aryl methyl sites for hydroxylation is 1. The van der Waals surface area contributed by atoms with Crippen LogP contribution in [0.1, 0.15) is 10.4 Å². The molecule has 1 aromatic carbocycles. The minimum absolute atomic E-state index is 0.241. The SMILES string of the molecule is Cn1cc(NC(=O)c2cccc(F)c2)nn1. The molecule has 1 heterocycles. The Morgan fingerprint density at radius 1 is 1.50 bits per heavy atom. The van der Waals surface area contributed by atoms with Gasteiger partial charge in [0.2, 0.25) is 0 Å². The Morgan fingerprint density at radius 3 is 2.94 bits per heavy atom. The Hall–Kier alpha value is -2.24. The Labute approximate surface area is 90.9 Å². The van der Waals surface area contributed by atoms with Crippen molar-refractivity contribution < 1.29 is 9.18 Å². The lowest BCUT2D eigenvalue weighted by Crippen LogP contribution is -2.12. The van der Waals surface area contributed by atoms with E-state index in [0.717, 1.165) is 6.07 Å². The van der Waals surface area contributed by atoms with Crippen LogP contribution in [0, 0.1) is 5.82 Å². The van der Waals surface area contributed by atoms with Crippen LogP contribution in [-0.2, 0) is 7.05 Å². The number of hydrogen-bond acceptors (Lipinski definition) is 3. The van der Waals surface area contributed by atoms with E-state index in [2.05, 4.69) is 15.6 Å². The van der Waals surface area contributed by atoms with E-state index in [1.807, 2.05) is 0 Å². The molecule has 0 saturated heterocycles. The predicted molar refractivity (Wildman–Crippen MR) is 55.4 cm³/mol. The van der Waals surface area contributed by atoms with Gasteiger partial charge in [-0.1, -0.05) is 11.3 Å². The van der Waals surface area contributed by atoms with Crippen LogP contribution in [0.2, 0.25) is 0 Å². The number of amides is 1. The lowest BCUT2D eigenvalue weighted by Gasteiger charge is -2.00. The van der Waals surface area contributed by atoms with Crippen molar-refractivity contribution in [2.24, 2.45) is 7.05 Å². The van der Waals surface area contributed by atoms with Gasteiger partial charge >= 0.3 is 0 Å². The van der Waals surface area contributed by atoms with Gasteiger partial charge in [0, 0.05) is 12.6 Å². The molecule has 0 aliphatic rings. The third-order valence-electron chi connectivity index (χ3n) is 1.93. The highest BCUT2D eigenvalue weighted by molar-refractivity contribution is 6.03. The van der Waals surface area contributed by atoms with E-state index in [4.69, 9.17) is 0 Å². The minimum atomic E-state index is -0.452. The molecule has 5 nitrogen and oxygen atoms in total. The van der Waals surface area contributed by atoms with Crippen LogP contribution in [0.15, 0.2) is 30.5 Å². The molecule has 0 bridgehead atoms. The van der Waals surface area contributed by atoms with Crippen LogP contribution < -0.4 is 5.32 Å². The Balaban J connectivity index is 2.14. The van der Waals surface area contributed by atoms with Gasteiger partial charge in [-0.3, -0.25) is 9.48 Å². The number of nitrogens with zero attached hydrogens (tertiary/aromatic N) is 3. The molecule has 82 valence electrons. The van der Waals surface area contributed by atoms with E-state index < -0.39 is 11.7 Å². The molecule has 0 fully saturated rings. The first kappa shape index (κ1) is 10.3. The van der Waals surface area contributed by atoms with Crippen molar-refractivity contribution >= 4 is 11.7 Å². The van der Waals surface area contributed by atoms with Crippen LogP contribution in [0.5, 0.6) is 0 Å². The van der Waals surface area contributed by atoms with Crippen molar-refractivity contribution in [3.63, 3.8) is 0 Å². The lowest BCUT2D eigenvalue weighted by molar-refractivity contribution is 0.102. The maximum Gasteiger partial charge on any atom is 0.257 e. The van der Waals surface area contributed by atoms with Gasteiger partial charge in [-0.25, -0.2) is 4.39 Å². The molecule has 1 amide bonds. The summed E-state index contributed by atoms with van der Waals surface area (Å²) >= 11 is 0. The Morgan fingerprint density at radius 2 is 2.31 bits per heavy atom. The lowest BCUT2D eigenvalue weighted by atomic mass is 10.2. The summed E-state index contributed by atoms with van der Waals surface area (Å²) in [6.45, 7) is 0. The summed E-state index contributed by atoms with van der Waals surface area (Å²) in [4.78, 5) is 11.6. The number of rotatable bonds is 2. The fourth-order valence-corrected chi connectivity index (χ4v) is 1.22. The molecule has 0 unspecified atom stereocenters. The van der Waals surface area contributed by atoms with Gasteiger partial charge in [-0.2, -0.15) is 0 Å². The van der Waals surface area contributed by atoms with E-state index in [-0.39, 0.29) is 5.56 Å². The van der Waals surface area contributed by atoms with Gasteiger partial charge in [-0.05, 0) is 18.2 Å². The average Bonchev–Trinajstić information content (AvgIpc) is 2.64. The summed E-state index contributed by atoms with van der Waals surface area (Å²) in [5.74, 6) is -0.538. The van der Waals surface area contributed by atoms with Gasteiger partial charge in [-0.15, -0.1) is 5.10 Å². The van der Waals surface area contributed by atoms with E-state index in [0.29, 0.717) is 5.82 Å². The summed E-state index contributed by atoms with van der Waals surface area (Å²) in [5, 5.41) is 9.86. The van der Waals surface area contributed by atoms with E-state index in [1.165, 1.54) is 22.9 Å². The maximum absolute atomic E-state index is 12.9. The molecule has 0 aliphatic heterocycles. The monoisotopic (exact) mass is 220 g/mol. The molecule has 0 radical (unpaired) electrons. The maximum atomic E-state index is 12.9. The van der Waals surface area contributed by atoms with E-state index >= 15 is 0 Å². The highest BCUT2D eigenvalue weighted by Gasteiger charge is 2.08. The van der Waals surface area contributed by atoms with Crippen LogP contribution in [-0.4, -0.2) is 20.9 Å². The van der Waals surface area contributed by atoms with Crippen molar-refractivity contribution in [2.75, 3.05) is 5.32 Å². The predicted octanol–water partition coefficient (Wildman–Crippen LogP) is 1.21. The smallest absolute Gasteiger partial charge is 0.257 e. The number of aromatic nitrogens is 3. The zero-order chi connectivity index (χ0) is 11.5. The topological polar surface area (TPSA) is 59.8 Å². The third kappa shape index (κ3) is 2.22. The number of carbonyl (C=O) groups excluding carboxylic acids is 1. The second kappa shape index (κ2) is 4.09. The van der Waals surface area contributed by atoms with Crippen LogP contribution in [0.25, 0.3) is 0 Å². The van der Waals surface area contributed by atoms with E-state index in [9.17, 15) is 9.18 Å². The van der Waals surface area contributed by atoms with Crippen molar-refractivity contribution in [3.8, 4) is 0 Å². The molecule has 0 saturated carbocycles. The molecule has 2 aromatic rings. The molecule has 2 rings (SSSR count). The van der Waals surface area contributed by atoms with Gasteiger partial charge < -0.3 is 5.32 Å². The summed E-state index contributed by atoms with van der Waals surface area (Å²) in [5.41, 5.74) is 0.241. The zero-order valence-corrected chi connectivity index (χ0v) is 8.51. The number of halogens is 1. The summed E-state index contributed by atoms with van der Waals surface area (Å²) in [6, 6.07) is 5.43. The molecule has 1 aromatic heterocycles. The first-order valence-electron chi connectivity index (χ1n) is 4.58. The number of carbonyl (C=O) groups is 1. The van der Waals surface area contributed by atoms with Crippen LogP contribution >= 0.6 is 0 Å². The number of anilines is 1. The standard InChI is InChI=1S/C10H9FN4O/c1-15-6-9(13-14-15)12-10(16)7-3-2-4-8(11)5-7/h2-6H,1H3,(H,12,16). The average molecular weight is 220 g/mol. The van der Waals surface area contributed by atoms with Gasteiger partial charge in [0.25, 0.3) is 5.91 Å². The first-order valence-corrected chi connectivity index (χ1v) is 4.58. The van der Waals surface area contributed by atoms with Crippen LogP contribution in [0.4, 0.5) is 10.2 Å². The molecular weight excluding hydrogens is 211 g/mol. The Bertz CT molecular complexity index is 523. The quantitative estimate of drug-likeness (QED) is 0.827. The Kier molecular flexibility index (Phi) is 2.63. The number of hydrogen-bond donors (Lipinski definition) is 1. The van der Waals surface area contributed by atoms with Crippen molar-refractivity contribution in [1.29, 1.82) is 0 Å². The fourth-order valence-electron chi connectivity index (χ4n) is 1.22. The normalized spacial score (nSPS) is 10.1. The second-order valence-corrected chi connectivity index (χ2v) is 3.24. The first-order chi connectivity index (χ1) is 7.65.